The topological polar surface area (TPSA) is 63.6 Å². The highest BCUT2D eigenvalue weighted by molar-refractivity contribution is 5.95. The fraction of sp³-hybridized carbons (Fsp3) is 0.273. The van der Waals surface area contributed by atoms with Crippen molar-refractivity contribution in [1.29, 1.82) is 0 Å². The van der Waals surface area contributed by atoms with Crippen molar-refractivity contribution >= 4 is 12.3 Å². The number of hydrogen-bond donors (Lipinski definition) is 1. The van der Waals surface area contributed by atoms with E-state index in [4.69, 9.17) is 0 Å². The summed E-state index contributed by atoms with van der Waals surface area (Å²) in [5.74, 6) is -0.603. The maximum Gasteiger partial charge on any atom is 0.338 e. The number of carbonyl (C=O) groups is 2. The maximum atomic E-state index is 11.3. The van der Waals surface area contributed by atoms with Gasteiger partial charge in [-0.15, -0.1) is 0 Å². The van der Waals surface area contributed by atoms with E-state index in [2.05, 4.69) is 4.74 Å². The van der Waals surface area contributed by atoms with Crippen molar-refractivity contribution < 1.29 is 19.4 Å². The number of rotatable bonds is 2. The van der Waals surface area contributed by atoms with Crippen LogP contribution in [0.4, 0.5) is 0 Å². The number of aldehydes is 1. The third-order valence-electron chi connectivity index (χ3n) is 2.43. The summed E-state index contributed by atoms with van der Waals surface area (Å²) in [5, 5.41) is 9.57. The van der Waals surface area contributed by atoms with Gasteiger partial charge < -0.3 is 9.84 Å². The van der Waals surface area contributed by atoms with Crippen LogP contribution in [0.1, 0.15) is 31.8 Å². The van der Waals surface area contributed by atoms with E-state index in [-0.39, 0.29) is 11.3 Å². The molecule has 80 valence electrons. The predicted molar refractivity (Wildman–Crippen MR) is 54.3 cm³/mol. The average molecular weight is 208 g/mol. The van der Waals surface area contributed by atoms with E-state index < -0.39 is 5.97 Å². The Labute approximate surface area is 87.5 Å². The molecule has 0 fully saturated rings. The normalized spacial score (nSPS) is 9.80. The lowest BCUT2D eigenvalue weighted by Gasteiger charge is -2.10. The number of phenolic OH excluding ortho intramolecular Hbond substituents is 1. The fourth-order valence-electron chi connectivity index (χ4n) is 1.34. The first-order valence-electron chi connectivity index (χ1n) is 4.39. The summed E-state index contributed by atoms with van der Waals surface area (Å²) in [6, 6.07) is 1.33. The minimum atomic E-state index is -0.515. The SMILES string of the molecule is COC(=O)c1cc(C=O)c(O)c(C)c1C. The van der Waals surface area contributed by atoms with Crippen molar-refractivity contribution in [2.24, 2.45) is 0 Å². The highest BCUT2D eigenvalue weighted by atomic mass is 16.5. The molecule has 15 heavy (non-hydrogen) atoms. The summed E-state index contributed by atoms with van der Waals surface area (Å²) < 4.78 is 4.57. The van der Waals surface area contributed by atoms with Gasteiger partial charge in [-0.05, 0) is 31.0 Å². The average Bonchev–Trinajstić information content (AvgIpc) is 2.25. The molecule has 0 atom stereocenters. The van der Waals surface area contributed by atoms with Crippen LogP contribution in [0.15, 0.2) is 6.07 Å². The van der Waals surface area contributed by atoms with Crippen LogP contribution in [0.3, 0.4) is 0 Å². The van der Waals surface area contributed by atoms with E-state index in [1.54, 1.807) is 13.8 Å². The van der Waals surface area contributed by atoms with Crippen molar-refractivity contribution in [2.45, 2.75) is 13.8 Å². The number of ether oxygens (including phenoxy) is 1. The van der Waals surface area contributed by atoms with Crippen molar-refractivity contribution in [1.82, 2.24) is 0 Å². The Kier molecular flexibility index (Phi) is 3.09. The molecule has 4 heteroatoms. The Balaban J connectivity index is 3.48. The number of phenols is 1. The third-order valence-corrected chi connectivity index (χ3v) is 2.43. The van der Waals surface area contributed by atoms with Gasteiger partial charge in [0, 0.05) is 0 Å². The molecule has 0 saturated heterocycles. The molecule has 1 rings (SSSR count). The Morgan fingerprint density at radius 2 is 2.00 bits per heavy atom. The van der Waals surface area contributed by atoms with E-state index >= 15 is 0 Å². The molecule has 0 spiro atoms. The lowest BCUT2D eigenvalue weighted by Crippen LogP contribution is -2.06. The molecule has 0 unspecified atom stereocenters. The summed E-state index contributed by atoms with van der Waals surface area (Å²) in [6.45, 7) is 3.33. The molecule has 0 bridgehead atoms. The smallest absolute Gasteiger partial charge is 0.338 e. The first-order valence-corrected chi connectivity index (χ1v) is 4.39. The lowest BCUT2D eigenvalue weighted by molar-refractivity contribution is 0.0600. The van der Waals surface area contributed by atoms with Crippen LogP contribution in [-0.4, -0.2) is 24.5 Å². The molecule has 0 aliphatic carbocycles. The van der Waals surface area contributed by atoms with Gasteiger partial charge in [0.25, 0.3) is 0 Å². The number of aromatic hydroxyl groups is 1. The molecule has 0 aliphatic heterocycles. The van der Waals surface area contributed by atoms with Crippen LogP contribution >= 0.6 is 0 Å². The van der Waals surface area contributed by atoms with E-state index in [0.717, 1.165) is 0 Å². The molecule has 1 aromatic carbocycles. The minimum absolute atomic E-state index is 0.0878. The monoisotopic (exact) mass is 208 g/mol. The standard InChI is InChI=1S/C11H12O4/c1-6-7(2)10(13)8(5-12)4-9(6)11(14)15-3/h4-5,13H,1-3H3. The van der Waals surface area contributed by atoms with E-state index in [1.807, 2.05) is 0 Å². The molecule has 0 aromatic heterocycles. The third kappa shape index (κ3) is 1.83. The van der Waals surface area contributed by atoms with Crippen LogP contribution in [0.5, 0.6) is 5.75 Å². The van der Waals surface area contributed by atoms with Gasteiger partial charge in [-0.2, -0.15) is 0 Å². The van der Waals surface area contributed by atoms with Crippen molar-refractivity contribution in [3.8, 4) is 5.75 Å². The van der Waals surface area contributed by atoms with Crippen LogP contribution < -0.4 is 0 Å². The number of hydrogen-bond acceptors (Lipinski definition) is 4. The molecular formula is C11H12O4. The summed E-state index contributed by atoms with van der Waals surface area (Å²) >= 11 is 0. The molecule has 1 aromatic rings. The summed E-state index contributed by atoms with van der Waals surface area (Å²) in [6.07, 6.45) is 0.508. The lowest BCUT2D eigenvalue weighted by atomic mass is 9.98. The Morgan fingerprint density at radius 1 is 1.40 bits per heavy atom. The molecule has 0 amide bonds. The zero-order valence-corrected chi connectivity index (χ0v) is 8.83. The number of methoxy groups -OCH3 is 1. The Bertz CT molecular complexity index is 421. The highest BCUT2D eigenvalue weighted by Gasteiger charge is 2.16. The van der Waals surface area contributed by atoms with E-state index in [9.17, 15) is 14.7 Å². The Morgan fingerprint density at radius 3 is 2.47 bits per heavy atom. The molecular weight excluding hydrogens is 196 g/mol. The second-order valence-electron chi connectivity index (χ2n) is 3.22. The maximum absolute atomic E-state index is 11.3. The predicted octanol–water partition coefficient (Wildman–Crippen LogP) is 1.61. The summed E-state index contributed by atoms with van der Waals surface area (Å²) in [4.78, 5) is 22.0. The van der Waals surface area contributed by atoms with Crippen molar-refractivity contribution in [3.63, 3.8) is 0 Å². The quantitative estimate of drug-likeness (QED) is 0.592. The molecule has 4 nitrogen and oxygen atoms in total. The Hall–Kier alpha value is -1.84. The fourth-order valence-corrected chi connectivity index (χ4v) is 1.34. The number of benzene rings is 1. The molecule has 0 radical (unpaired) electrons. The van der Waals surface area contributed by atoms with Gasteiger partial charge in [0.05, 0.1) is 18.2 Å². The number of esters is 1. The van der Waals surface area contributed by atoms with Crippen molar-refractivity contribution in [2.75, 3.05) is 7.11 Å². The first kappa shape index (κ1) is 11.2. The molecule has 0 saturated carbocycles. The summed E-state index contributed by atoms with van der Waals surface area (Å²) in [7, 11) is 1.27. The minimum Gasteiger partial charge on any atom is -0.507 e. The molecule has 0 aliphatic rings. The largest absolute Gasteiger partial charge is 0.507 e. The molecule has 1 N–H and O–H groups in total. The van der Waals surface area contributed by atoms with E-state index in [0.29, 0.717) is 23.0 Å². The second-order valence-corrected chi connectivity index (χ2v) is 3.22. The van der Waals surface area contributed by atoms with Crippen LogP contribution in [0, 0.1) is 13.8 Å². The molecule has 0 heterocycles. The number of carbonyl (C=O) groups excluding carboxylic acids is 2. The van der Waals surface area contributed by atoms with E-state index in [1.165, 1.54) is 13.2 Å². The van der Waals surface area contributed by atoms with Crippen LogP contribution in [0.25, 0.3) is 0 Å². The highest BCUT2D eigenvalue weighted by Crippen LogP contribution is 2.27. The van der Waals surface area contributed by atoms with Gasteiger partial charge in [0.1, 0.15) is 5.75 Å². The van der Waals surface area contributed by atoms with Gasteiger partial charge in [0.15, 0.2) is 6.29 Å². The van der Waals surface area contributed by atoms with Crippen LogP contribution in [0.2, 0.25) is 0 Å². The second kappa shape index (κ2) is 4.13. The first-order chi connectivity index (χ1) is 7.02. The summed E-state index contributed by atoms with van der Waals surface area (Å²) in [5.41, 5.74) is 1.53. The van der Waals surface area contributed by atoms with Gasteiger partial charge in [-0.3, -0.25) is 4.79 Å². The van der Waals surface area contributed by atoms with Crippen molar-refractivity contribution in [3.05, 3.63) is 28.3 Å². The van der Waals surface area contributed by atoms with Gasteiger partial charge in [0.2, 0.25) is 0 Å². The zero-order chi connectivity index (χ0) is 11.6. The van der Waals surface area contributed by atoms with Crippen LogP contribution in [-0.2, 0) is 4.74 Å². The van der Waals surface area contributed by atoms with Gasteiger partial charge in [-0.1, -0.05) is 0 Å². The van der Waals surface area contributed by atoms with Gasteiger partial charge >= 0.3 is 5.97 Å². The zero-order valence-electron chi connectivity index (χ0n) is 8.83. The van der Waals surface area contributed by atoms with Gasteiger partial charge in [-0.25, -0.2) is 4.79 Å².